The molecule has 194 valence electrons. The average Bonchev–Trinajstić information content (AvgIpc) is 2.90. The molecule has 0 saturated heterocycles. The highest BCUT2D eigenvalue weighted by Crippen LogP contribution is 2.30. The van der Waals surface area contributed by atoms with E-state index in [0.29, 0.717) is 23.5 Å². The number of fused-ring (bicyclic) bond motifs is 1. The second kappa shape index (κ2) is 12.5. The first-order valence-electron chi connectivity index (χ1n) is 12.5. The minimum absolute atomic E-state index is 0.0437. The average molecular weight is 511 g/mol. The van der Waals surface area contributed by atoms with Crippen molar-refractivity contribution in [3.05, 3.63) is 96.1 Å². The maximum absolute atomic E-state index is 12.3. The number of amides is 2. The monoisotopic (exact) mass is 510 g/mol. The van der Waals surface area contributed by atoms with E-state index in [1.807, 2.05) is 74.5 Å². The molecule has 0 spiro atoms. The molecule has 0 atom stereocenters. The number of hydrogen-bond acceptors (Lipinski definition) is 5. The van der Waals surface area contributed by atoms with Gasteiger partial charge in [-0.2, -0.15) is 0 Å². The van der Waals surface area contributed by atoms with Crippen LogP contribution in [0.3, 0.4) is 0 Å². The van der Waals surface area contributed by atoms with E-state index in [2.05, 4.69) is 10.6 Å². The van der Waals surface area contributed by atoms with Gasteiger partial charge < -0.3 is 20.1 Å². The summed E-state index contributed by atoms with van der Waals surface area (Å²) in [5, 5.41) is 7.66. The summed E-state index contributed by atoms with van der Waals surface area (Å²) in [5.74, 6) is 0.269. The first-order chi connectivity index (χ1) is 18.4. The second-order valence-corrected chi connectivity index (χ2v) is 9.03. The van der Waals surface area contributed by atoms with E-state index in [-0.39, 0.29) is 25.4 Å². The van der Waals surface area contributed by atoms with Gasteiger partial charge in [-0.3, -0.25) is 14.4 Å². The van der Waals surface area contributed by atoms with E-state index in [1.54, 1.807) is 24.3 Å². The fourth-order valence-electron chi connectivity index (χ4n) is 3.99. The molecule has 38 heavy (non-hydrogen) atoms. The molecule has 4 aromatic rings. The standard InChI is InChI=1S/C31H30N2O5/c1-21-13-18-27(22(2)19-21)33-30(35)20-37-31(36)12-6-11-29(34)32-24-14-16-25(17-15-24)38-28-10-5-8-23-7-3-4-9-26(23)28/h3-5,7-10,13-19H,6,11-12,20H2,1-2H3,(H,32,34)(H,33,35). The number of nitrogens with one attached hydrogen (secondary N) is 2. The van der Waals surface area contributed by atoms with E-state index >= 15 is 0 Å². The Morgan fingerprint density at radius 2 is 1.53 bits per heavy atom. The number of carbonyl (C=O) groups excluding carboxylic acids is 3. The Labute approximate surface area is 221 Å². The topological polar surface area (TPSA) is 93.7 Å². The van der Waals surface area contributed by atoms with Gasteiger partial charge in [0.25, 0.3) is 5.91 Å². The highest BCUT2D eigenvalue weighted by atomic mass is 16.5. The Kier molecular flexibility index (Phi) is 8.72. The largest absolute Gasteiger partial charge is 0.457 e. The molecule has 0 bridgehead atoms. The molecule has 7 nitrogen and oxygen atoms in total. The number of aryl methyl sites for hydroxylation is 2. The summed E-state index contributed by atoms with van der Waals surface area (Å²) in [6.07, 6.45) is 0.506. The first-order valence-corrected chi connectivity index (χ1v) is 12.5. The molecular formula is C31H30N2O5. The van der Waals surface area contributed by atoms with Gasteiger partial charge >= 0.3 is 5.97 Å². The van der Waals surface area contributed by atoms with Gasteiger partial charge in [0.15, 0.2) is 6.61 Å². The molecule has 2 N–H and O–H groups in total. The number of ether oxygens (including phenoxy) is 2. The zero-order valence-corrected chi connectivity index (χ0v) is 21.5. The van der Waals surface area contributed by atoms with Crippen LogP contribution in [-0.2, 0) is 19.1 Å². The van der Waals surface area contributed by atoms with Crippen LogP contribution in [0.1, 0.15) is 30.4 Å². The zero-order valence-electron chi connectivity index (χ0n) is 21.5. The number of anilines is 2. The summed E-state index contributed by atoms with van der Waals surface area (Å²) in [7, 11) is 0. The number of rotatable bonds is 10. The predicted octanol–water partition coefficient (Wildman–Crippen LogP) is 6.54. The molecule has 7 heteroatoms. The summed E-state index contributed by atoms with van der Waals surface area (Å²) in [6, 6.07) is 26.7. The van der Waals surface area contributed by atoms with Crippen molar-refractivity contribution in [2.45, 2.75) is 33.1 Å². The van der Waals surface area contributed by atoms with Crippen molar-refractivity contribution in [1.29, 1.82) is 0 Å². The van der Waals surface area contributed by atoms with E-state index in [9.17, 15) is 14.4 Å². The minimum Gasteiger partial charge on any atom is -0.457 e. The van der Waals surface area contributed by atoms with Crippen molar-refractivity contribution < 1.29 is 23.9 Å². The van der Waals surface area contributed by atoms with Crippen LogP contribution in [0, 0.1) is 13.8 Å². The Balaban J connectivity index is 1.16. The zero-order chi connectivity index (χ0) is 26.9. The third-order valence-corrected chi connectivity index (χ3v) is 5.92. The lowest BCUT2D eigenvalue weighted by atomic mass is 10.1. The van der Waals surface area contributed by atoms with Crippen LogP contribution in [-0.4, -0.2) is 24.4 Å². The number of benzene rings is 4. The number of hydrogen-bond donors (Lipinski definition) is 2. The Morgan fingerprint density at radius 3 is 2.32 bits per heavy atom. The van der Waals surface area contributed by atoms with Gasteiger partial charge in [-0.05, 0) is 67.6 Å². The van der Waals surface area contributed by atoms with E-state index in [0.717, 1.165) is 27.6 Å². The third-order valence-electron chi connectivity index (χ3n) is 5.92. The van der Waals surface area contributed by atoms with Crippen LogP contribution < -0.4 is 15.4 Å². The third kappa shape index (κ3) is 7.43. The highest BCUT2D eigenvalue weighted by molar-refractivity contribution is 5.94. The molecule has 0 unspecified atom stereocenters. The smallest absolute Gasteiger partial charge is 0.306 e. The molecule has 4 aromatic carbocycles. The second-order valence-electron chi connectivity index (χ2n) is 9.03. The first kappa shape index (κ1) is 26.4. The van der Waals surface area contributed by atoms with E-state index < -0.39 is 11.9 Å². The molecule has 0 aliphatic carbocycles. The lowest BCUT2D eigenvalue weighted by molar-refractivity contribution is -0.147. The fourth-order valence-corrected chi connectivity index (χ4v) is 3.99. The van der Waals surface area contributed by atoms with Crippen molar-refractivity contribution in [3.63, 3.8) is 0 Å². The summed E-state index contributed by atoms with van der Waals surface area (Å²) >= 11 is 0. The SMILES string of the molecule is Cc1ccc(NC(=O)COC(=O)CCCC(=O)Nc2ccc(Oc3cccc4ccccc34)cc2)c(C)c1. The molecule has 2 amide bonds. The molecular weight excluding hydrogens is 480 g/mol. The van der Waals surface area contributed by atoms with E-state index in [1.165, 1.54) is 0 Å². The fraction of sp³-hybridized carbons (Fsp3) is 0.194. The maximum Gasteiger partial charge on any atom is 0.306 e. The lowest BCUT2D eigenvalue weighted by Gasteiger charge is -2.10. The Hall–Kier alpha value is -4.65. The maximum atomic E-state index is 12.3. The minimum atomic E-state index is -0.525. The van der Waals surface area contributed by atoms with Gasteiger partial charge in [0.1, 0.15) is 11.5 Å². The Morgan fingerprint density at radius 1 is 0.763 bits per heavy atom. The molecule has 4 rings (SSSR count). The van der Waals surface area contributed by atoms with Gasteiger partial charge in [0.05, 0.1) is 0 Å². The lowest BCUT2D eigenvalue weighted by Crippen LogP contribution is -2.21. The molecule has 0 aromatic heterocycles. The summed E-state index contributed by atoms with van der Waals surface area (Å²) in [4.78, 5) is 36.3. The molecule has 0 aliphatic rings. The van der Waals surface area contributed by atoms with Crippen LogP contribution in [0.25, 0.3) is 10.8 Å². The van der Waals surface area contributed by atoms with Crippen molar-refractivity contribution >= 4 is 39.9 Å². The number of carbonyl (C=O) groups is 3. The van der Waals surface area contributed by atoms with Crippen molar-refractivity contribution in [1.82, 2.24) is 0 Å². The van der Waals surface area contributed by atoms with Crippen LogP contribution >= 0.6 is 0 Å². The normalized spacial score (nSPS) is 10.6. The summed E-state index contributed by atoms with van der Waals surface area (Å²) in [5.41, 5.74) is 3.34. The quantitative estimate of drug-likeness (QED) is 0.236. The molecule has 0 heterocycles. The molecule has 0 saturated carbocycles. The molecule has 0 aliphatic heterocycles. The van der Waals surface area contributed by atoms with Gasteiger partial charge in [-0.15, -0.1) is 0 Å². The van der Waals surface area contributed by atoms with Gasteiger partial charge in [-0.1, -0.05) is 54.1 Å². The van der Waals surface area contributed by atoms with Crippen molar-refractivity contribution in [2.24, 2.45) is 0 Å². The number of esters is 1. The van der Waals surface area contributed by atoms with Gasteiger partial charge in [0, 0.05) is 29.6 Å². The van der Waals surface area contributed by atoms with Crippen LogP contribution in [0.5, 0.6) is 11.5 Å². The van der Waals surface area contributed by atoms with Crippen molar-refractivity contribution in [2.75, 3.05) is 17.2 Å². The van der Waals surface area contributed by atoms with Gasteiger partial charge in [-0.25, -0.2) is 0 Å². The molecule has 0 radical (unpaired) electrons. The highest BCUT2D eigenvalue weighted by Gasteiger charge is 2.11. The predicted molar refractivity (Wildman–Crippen MR) is 148 cm³/mol. The molecule has 0 fully saturated rings. The summed E-state index contributed by atoms with van der Waals surface area (Å²) < 4.78 is 11.1. The van der Waals surface area contributed by atoms with E-state index in [4.69, 9.17) is 9.47 Å². The van der Waals surface area contributed by atoms with Crippen LogP contribution in [0.2, 0.25) is 0 Å². The summed E-state index contributed by atoms with van der Waals surface area (Å²) in [6.45, 7) is 3.50. The van der Waals surface area contributed by atoms with Gasteiger partial charge in [0.2, 0.25) is 5.91 Å². The van der Waals surface area contributed by atoms with Crippen molar-refractivity contribution in [3.8, 4) is 11.5 Å². The Bertz CT molecular complexity index is 1440. The van der Waals surface area contributed by atoms with Crippen LogP contribution in [0.15, 0.2) is 84.9 Å². The van der Waals surface area contributed by atoms with Crippen LogP contribution in [0.4, 0.5) is 11.4 Å².